The Labute approximate surface area is 110 Å². The third kappa shape index (κ3) is 2.82. The average molecular weight is 272 g/mol. The molecule has 3 nitrogen and oxygen atoms in total. The van der Waals surface area contributed by atoms with Gasteiger partial charge in [-0.25, -0.2) is 4.39 Å². The standard InChI is InChI=1S/C13H15ClFNO2/c14-12-7-10(15)1-2-11(12)13(18)16-5-3-9(8-16)4-6-17/h1-2,7,9,17H,3-6,8H2. The molecule has 0 aromatic heterocycles. The molecule has 18 heavy (non-hydrogen) atoms. The molecule has 0 saturated carbocycles. The summed E-state index contributed by atoms with van der Waals surface area (Å²) in [4.78, 5) is 13.9. The maximum absolute atomic E-state index is 12.9. The Morgan fingerprint density at radius 1 is 1.56 bits per heavy atom. The number of rotatable bonds is 3. The van der Waals surface area contributed by atoms with Crippen LogP contribution in [0.25, 0.3) is 0 Å². The first-order chi connectivity index (χ1) is 8.61. The zero-order valence-corrected chi connectivity index (χ0v) is 10.7. The molecule has 1 aromatic rings. The van der Waals surface area contributed by atoms with Gasteiger partial charge >= 0.3 is 0 Å². The molecule has 1 heterocycles. The highest BCUT2D eigenvalue weighted by atomic mass is 35.5. The Bertz CT molecular complexity index is 453. The van der Waals surface area contributed by atoms with Gasteiger partial charge in [-0.1, -0.05) is 11.6 Å². The van der Waals surface area contributed by atoms with Crippen molar-refractivity contribution in [3.63, 3.8) is 0 Å². The minimum atomic E-state index is -0.448. The van der Waals surface area contributed by atoms with E-state index in [1.807, 2.05) is 0 Å². The summed E-state index contributed by atoms with van der Waals surface area (Å²) >= 11 is 5.87. The monoisotopic (exact) mass is 271 g/mol. The van der Waals surface area contributed by atoms with Gasteiger partial charge in [0.05, 0.1) is 10.6 Å². The summed E-state index contributed by atoms with van der Waals surface area (Å²) in [5.41, 5.74) is 0.336. The number of hydrogen-bond donors (Lipinski definition) is 1. The second-order valence-electron chi connectivity index (χ2n) is 4.54. The number of aliphatic hydroxyl groups excluding tert-OH is 1. The van der Waals surface area contributed by atoms with Gasteiger partial charge < -0.3 is 10.0 Å². The van der Waals surface area contributed by atoms with Crippen molar-refractivity contribution in [3.05, 3.63) is 34.6 Å². The van der Waals surface area contributed by atoms with Crippen LogP contribution in [0, 0.1) is 11.7 Å². The second-order valence-corrected chi connectivity index (χ2v) is 4.95. The summed E-state index contributed by atoms with van der Waals surface area (Å²) in [5.74, 6) is -0.269. The molecule has 1 N–H and O–H groups in total. The summed E-state index contributed by atoms with van der Waals surface area (Å²) in [6.45, 7) is 1.44. The topological polar surface area (TPSA) is 40.5 Å². The summed E-state index contributed by atoms with van der Waals surface area (Å²) in [5, 5.41) is 9.02. The summed E-state index contributed by atoms with van der Waals surface area (Å²) < 4.78 is 12.9. The van der Waals surface area contributed by atoms with Crippen LogP contribution in [-0.4, -0.2) is 35.6 Å². The number of amides is 1. The van der Waals surface area contributed by atoms with Gasteiger partial charge in [-0.05, 0) is 37.0 Å². The van der Waals surface area contributed by atoms with Crippen molar-refractivity contribution in [1.82, 2.24) is 4.90 Å². The van der Waals surface area contributed by atoms with Gasteiger partial charge in [-0.3, -0.25) is 4.79 Å². The number of carbonyl (C=O) groups excluding carboxylic acids is 1. The lowest BCUT2D eigenvalue weighted by molar-refractivity contribution is 0.0785. The maximum atomic E-state index is 12.9. The molecule has 0 radical (unpaired) electrons. The fraction of sp³-hybridized carbons (Fsp3) is 0.462. The fourth-order valence-electron chi connectivity index (χ4n) is 2.27. The molecule has 1 unspecified atom stereocenters. The molecule has 1 aromatic carbocycles. The van der Waals surface area contributed by atoms with E-state index in [1.54, 1.807) is 4.90 Å². The van der Waals surface area contributed by atoms with Gasteiger partial charge in [-0.2, -0.15) is 0 Å². The number of hydrogen-bond acceptors (Lipinski definition) is 2. The highest BCUT2D eigenvalue weighted by molar-refractivity contribution is 6.33. The van der Waals surface area contributed by atoms with Crippen LogP contribution in [0.1, 0.15) is 23.2 Å². The van der Waals surface area contributed by atoms with Crippen molar-refractivity contribution in [3.8, 4) is 0 Å². The molecule has 2 rings (SSSR count). The number of benzene rings is 1. The molecule has 0 spiro atoms. The second kappa shape index (κ2) is 5.67. The normalized spacial score (nSPS) is 19.3. The smallest absolute Gasteiger partial charge is 0.255 e. The lowest BCUT2D eigenvalue weighted by Crippen LogP contribution is -2.29. The van der Waals surface area contributed by atoms with E-state index in [2.05, 4.69) is 0 Å². The van der Waals surface area contributed by atoms with Crippen LogP contribution in [0.2, 0.25) is 5.02 Å². The van der Waals surface area contributed by atoms with Crippen LogP contribution >= 0.6 is 11.6 Å². The van der Waals surface area contributed by atoms with E-state index in [0.717, 1.165) is 12.5 Å². The van der Waals surface area contributed by atoms with E-state index < -0.39 is 5.82 Å². The highest BCUT2D eigenvalue weighted by Gasteiger charge is 2.27. The van der Waals surface area contributed by atoms with Crippen molar-refractivity contribution in [2.75, 3.05) is 19.7 Å². The minimum absolute atomic E-state index is 0.143. The molecule has 1 saturated heterocycles. The molecular weight excluding hydrogens is 257 g/mol. The molecule has 1 amide bonds. The van der Waals surface area contributed by atoms with Gasteiger partial charge in [-0.15, -0.1) is 0 Å². The van der Waals surface area contributed by atoms with Crippen molar-refractivity contribution < 1.29 is 14.3 Å². The van der Waals surface area contributed by atoms with Crippen molar-refractivity contribution in [2.45, 2.75) is 12.8 Å². The van der Waals surface area contributed by atoms with Crippen LogP contribution in [-0.2, 0) is 0 Å². The Hall–Kier alpha value is -1.13. The first-order valence-electron chi connectivity index (χ1n) is 5.97. The maximum Gasteiger partial charge on any atom is 0.255 e. The number of aliphatic hydroxyl groups is 1. The number of likely N-dealkylation sites (tertiary alicyclic amines) is 1. The third-order valence-electron chi connectivity index (χ3n) is 3.27. The predicted molar refractivity (Wildman–Crippen MR) is 67.1 cm³/mol. The van der Waals surface area contributed by atoms with Crippen molar-refractivity contribution in [1.29, 1.82) is 0 Å². The third-order valence-corrected chi connectivity index (χ3v) is 3.58. The van der Waals surface area contributed by atoms with E-state index >= 15 is 0 Å². The Morgan fingerprint density at radius 2 is 2.33 bits per heavy atom. The minimum Gasteiger partial charge on any atom is -0.396 e. The van der Waals surface area contributed by atoms with Crippen LogP contribution in [0.4, 0.5) is 4.39 Å². The van der Waals surface area contributed by atoms with Gasteiger partial charge in [0.15, 0.2) is 0 Å². The van der Waals surface area contributed by atoms with Gasteiger partial charge in [0, 0.05) is 19.7 Å². The highest BCUT2D eigenvalue weighted by Crippen LogP contribution is 2.24. The van der Waals surface area contributed by atoms with Gasteiger partial charge in [0.2, 0.25) is 0 Å². The summed E-state index contributed by atoms with van der Waals surface area (Å²) in [7, 11) is 0. The Balaban J connectivity index is 2.08. The lowest BCUT2D eigenvalue weighted by atomic mass is 10.1. The largest absolute Gasteiger partial charge is 0.396 e. The number of carbonyl (C=O) groups is 1. The molecule has 5 heteroatoms. The summed E-state index contributed by atoms with van der Waals surface area (Å²) in [6, 6.07) is 3.80. The van der Waals surface area contributed by atoms with Crippen LogP contribution in [0.5, 0.6) is 0 Å². The van der Waals surface area contributed by atoms with Gasteiger partial charge in [0.1, 0.15) is 5.82 Å². The van der Waals surface area contributed by atoms with Gasteiger partial charge in [0.25, 0.3) is 5.91 Å². The number of nitrogens with zero attached hydrogens (tertiary/aromatic N) is 1. The Morgan fingerprint density at radius 3 is 3.00 bits per heavy atom. The molecule has 1 atom stereocenters. The fourth-order valence-corrected chi connectivity index (χ4v) is 2.52. The number of halogens is 2. The van der Waals surface area contributed by atoms with E-state index in [-0.39, 0.29) is 17.5 Å². The average Bonchev–Trinajstić information content (AvgIpc) is 2.77. The molecule has 0 bridgehead atoms. The van der Waals surface area contributed by atoms with Crippen LogP contribution < -0.4 is 0 Å². The first-order valence-corrected chi connectivity index (χ1v) is 6.35. The first kappa shape index (κ1) is 13.3. The lowest BCUT2D eigenvalue weighted by Gasteiger charge is -2.17. The summed E-state index contributed by atoms with van der Waals surface area (Å²) in [6.07, 6.45) is 1.60. The van der Waals surface area contributed by atoms with Crippen molar-refractivity contribution in [2.24, 2.45) is 5.92 Å². The van der Waals surface area contributed by atoms with E-state index in [1.165, 1.54) is 12.1 Å². The predicted octanol–water partition coefficient (Wildman–Crippen LogP) is 2.32. The molecule has 98 valence electrons. The molecule has 1 aliphatic rings. The van der Waals surface area contributed by atoms with E-state index in [0.29, 0.717) is 31.0 Å². The quantitative estimate of drug-likeness (QED) is 0.917. The molecule has 1 aliphatic heterocycles. The van der Waals surface area contributed by atoms with Crippen LogP contribution in [0.3, 0.4) is 0 Å². The molecular formula is C13H15ClFNO2. The van der Waals surface area contributed by atoms with E-state index in [4.69, 9.17) is 16.7 Å². The zero-order chi connectivity index (χ0) is 13.1. The van der Waals surface area contributed by atoms with Crippen LogP contribution in [0.15, 0.2) is 18.2 Å². The SMILES string of the molecule is O=C(c1ccc(F)cc1Cl)N1CCC(CCO)C1. The molecule has 0 aliphatic carbocycles. The Kier molecular flexibility index (Phi) is 4.19. The van der Waals surface area contributed by atoms with E-state index in [9.17, 15) is 9.18 Å². The zero-order valence-electron chi connectivity index (χ0n) is 9.90. The molecule has 1 fully saturated rings. The van der Waals surface area contributed by atoms with Crippen molar-refractivity contribution >= 4 is 17.5 Å².